The van der Waals surface area contributed by atoms with E-state index < -0.39 is 23.5 Å². The van der Waals surface area contributed by atoms with Crippen molar-refractivity contribution in [2.24, 2.45) is 7.05 Å². The van der Waals surface area contributed by atoms with E-state index in [0.717, 1.165) is 10.9 Å². The Morgan fingerprint density at radius 1 is 1.00 bits per heavy atom. The third-order valence-corrected chi connectivity index (χ3v) is 6.67. The summed E-state index contributed by atoms with van der Waals surface area (Å²) in [6.07, 6.45) is 1.87. The van der Waals surface area contributed by atoms with E-state index in [0.29, 0.717) is 11.3 Å². The Morgan fingerprint density at radius 3 is 2.40 bits per heavy atom. The highest BCUT2D eigenvalue weighted by Crippen LogP contribution is 2.46. The molecule has 1 saturated heterocycles. The molecule has 1 aromatic heterocycles. The summed E-state index contributed by atoms with van der Waals surface area (Å²) in [6, 6.07) is 18.6. The van der Waals surface area contributed by atoms with Crippen molar-refractivity contribution in [3.05, 3.63) is 99.7 Å². The van der Waals surface area contributed by atoms with Crippen LogP contribution >= 0.6 is 23.2 Å². The molecule has 35 heavy (non-hydrogen) atoms. The number of ketones is 1. The lowest BCUT2D eigenvalue weighted by Gasteiger charge is -2.25. The van der Waals surface area contributed by atoms with Crippen LogP contribution in [-0.2, 0) is 16.6 Å². The van der Waals surface area contributed by atoms with Crippen LogP contribution in [0, 0.1) is 0 Å². The maximum atomic E-state index is 13.5. The van der Waals surface area contributed by atoms with Crippen molar-refractivity contribution in [1.29, 1.82) is 0 Å². The summed E-state index contributed by atoms with van der Waals surface area (Å²) < 4.78 is 7.33. The average Bonchev–Trinajstić information content (AvgIpc) is 3.32. The van der Waals surface area contributed by atoms with Crippen LogP contribution in [0.1, 0.15) is 17.2 Å². The number of halogens is 2. The average molecular weight is 507 g/mol. The van der Waals surface area contributed by atoms with E-state index >= 15 is 0 Å². The summed E-state index contributed by atoms with van der Waals surface area (Å²) in [5.41, 5.74) is 2.19. The molecule has 5 rings (SSSR count). The highest BCUT2D eigenvalue weighted by molar-refractivity contribution is 6.52. The van der Waals surface area contributed by atoms with Crippen molar-refractivity contribution < 1.29 is 19.4 Å². The number of carbonyl (C=O) groups is 2. The van der Waals surface area contributed by atoms with Gasteiger partial charge in [0.2, 0.25) is 0 Å². The number of rotatable bonds is 4. The summed E-state index contributed by atoms with van der Waals surface area (Å²) in [6.45, 7) is 0. The number of hydrogen-bond acceptors (Lipinski definition) is 4. The van der Waals surface area contributed by atoms with Gasteiger partial charge >= 0.3 is 0 Å². The minimum absolute atomic E-state index is 0.0770. The number of Topliss-reactive ketones (excluding diaryl/α,β-unsaturated/α-hetero) is 1. The minimum atomic E-state index is -0.897. The number of nitrogens with zero attached hydrogens (tertiary/aromatic N) is 2. The molecule has 1 amide bonds. The van der Waals surface area contributed by atoms with Crippen LogP contribution in [0.15, 0.2) is 78.5 Å². The zero-order valence-corrected chi connectivity index (χ0v) is 20.3. The van der Waals surface area contributed by atoms with Crippen LogP contribution in [0.5, 0.6) is 5.75 Å². The first-order valence-corrected chi connectivity index (χ1v) is 11.5. The van der Waals surface area contributed by atoms with Gasteiger partial charge in [0, 0.05) is 40.4 Å². The van der Waals surface area contributed by atoms with Gasteiger partial charge in [-0.2, -0.15) is 0 Å². The van der Waals surface area contributed by atoms with Crippen LogP contribution < -0.4 is 9.64 Å². The minimum Gasteiger partial charge on any atom is -0.507 e. The summed E-state index contributed by atoms with van der Waals surface area (Å²) in [7, 11) is 3.29. The number of anilines is 1. The van der Waals surface area contributed by atoms with Crippen molar-refractivity contribution >= 4 is 57.2 Å². The number of aryl methyl sites for hydroxylation is 1. The molecule has 8 heteroatoms. The number of aliphatic hydroxyl groups is 1. The number of aromatic nitrogens is 1. The zero-order valence-electron chi connectivity index (χ0n) is 18.8. The summed E-state index contributed by atoms with van der Waals surface area (Å²) in [4.78, 5) is 28.3. The molecular weight excluding hydrogens is 487 g/mol. The van der Waals surface area contributed by atoms with E-state index in [1.807, 2.05) is 48.1 Å². The van der Waals surface area contributed by atoms with Gasteiger partial charge in [0.15, 0.2) is 0 Å². The zero-order chi connectivity index (χ0) is 24.9. The van der Waals surface area contributed by atoms with Crippen molar-refractivity contribution in [2.45, 2.75) is 6.04 Å². The van der Waals surface area contributed by atoms with Crippen LogP contribution in [0.25, 0.3) is 16.7 Å². The second-order valence-electron chi connectivity index (χ2n) is 8.19. The normalized spacial score (nSPS) is 17.4. The standard InChI is InChI=1S/C27H20Cl2N2O4/c1-30-14-19(17-10-6-7-11-21(17)30)23-22(24(32)18-12-15(28)13-20(29)26(18)35-2)25(33)27(34)31(23)16-8-4-3-5-9-16/h3-14,23,32H,1-2H3/b24-22+. The van der Waals surface area contributed by atoms with Gasteiger partial charge in [0.25, 0.3) is 11.7 Å². The quantitative estimate of drug-likeness (QED) is 0.205. The largest absolute Gasteiger partial charge is 0.507 e. The molecule has 0 aliphatic carbocycles. The Bertz CT molecular complexity index is 1530. The van der Waals surface area contributed by atoms with Gasteiger partial charge in [0.1, 0.15) is 11.5 Å². The number of carbonyl (C=O) groups excluding carboxylic acids is 2. The topological polar surface area (TPSA) is 71.8 Å². The molecule has 0 radical (unpaired) electrons. The Kier molecular flexibility index (Phi) is 5.79. The van der Waals surface area contributed by atoms with E-state index in [2.05, 4.69) is 0 Å². The summed E-state index contributed by atoms with van der Waals surface area (Å²) in [5.74, 6) is -1.83. The third-order valence-electron chi connectivity index (χ3n) is 6.17. The van der Waals surface area contributed by atoms with E-state index in [4.69, 9.17) is 27.9 Å². The number of benzene rings is 3. The lowest BCUT2D eigenvalue weighted by atomic mass is 9.94. The van der Waals surface area contributed by atoms with Crippen LogP contribution in [0.2, 0.25) is 10.0 Å². The monoisotopic (exact) mass is 506 g/mol. The van der Waals surface area contributed by atoms with Gasteiger partial charge in [-0.3, -0.25) is 14.5 Å². The maximum absolute atomic E-state index is 13.5. The number of methoxy groups -OCH3 is 1. The van der Waals surface area contributed by atoms with E-state index in [9.17, 15) is 14.7 Å². The molecule has 0 bridgehead atoms. The van der Waals surface area contributed by atoms with Crippen LogP contribution in [-0.4, -0.2) is 28.5 Å². The van der Waals surface area contributed by atoms with E-state index in [1.165, 1.54) is 24.1 Å². The smallest absolute Gasteiger partial charge is 0.300 e. The molecule has 1 atom stereocenters. The number of hydrogen-bond donors (Lipinski definition) is 1. The Balaban J connectivity index is 1.85. The van der Waals surface area contributed by atoms with Gasteiger partial charge in [-0.15, -0.1) is 0 Å². The Morgan fingerprint density at radius 2 is 1.69 bits per heavy atom. The molecule has 4 aromatic rings. The highest BCUT2D eigenvalue weighted by Gasteiger charge is 2.48. The molecule has 1 aliphatic heterocycles. The molecule has 1 aliphatic rings. The molecule has 0 saturated carbocycles. The highest BCUT2D eigenvalue weighted by atomic mass is 35.5. The van der Waals surface area contributed by atoms with Crippen molar-refractivity contribution in [3.63, 3.8) is 0 Å². The number of para-hydroxylation sites is 2. The predicted octanol–water partition coefficient (Wildman–Crippen LogP) is 6.12. The SMILES string of the molecule is COc1c(Cl)cc(Cl)cc1/C(O)=C1\C(=O)C(=O)N(c2ccccc2)C1c1cn(C)c2ccccc12. The molecular formula is C27H20Cl2N2O4. The number of aliphatic hydroxyl groups excluding tert-OH is 1. The lowest BCUT2D eigenvalue weighted by molar-refractivity contribution is -0.132. The third kappa shape index (κ3) is 3.66. The fourth-order valence-corrected chi connectivity index (χ4v) is 5.23. The number of fused-ring (bicyclic) bond motifs is 1. The molecule has 2 heterocycles. The van der Waals surface area contributed by atoms with Gasteiger partial charge in [-0.25, -0.2) is 0 Å². The van der Waals surface area contributed by atoms with Gasteiger partial charge in [-0.05, 0) is 30.3 Å². The van der Waals surface area contributed by atoms with Crippen LogP contribution in [0.4, 0.5) is 5.69 Å². The molecule has 1 unspecified atom stereocenters. The van der Waals surface area contributed by atoms with Crippen molar-refractivity contribution in [3.8, 4) is 5.75 Å². The lowest BCUT2D eigenvalue weighted by Crippen LogP contribution is -2.29. The maximum Gasteiger partial charge on any atom is 0.300 e. The van der Waals surface area contributed by atoms with Gasteiger partial charge in [-0.1, -0.05) is 59.6 Å². The van der Waals surface area contributed by atoms with Crippen molar-refractivity contribution in [1.82, 2.24) is 4.57 Å². The predicted molar refractivity (Wildman–Crippen MR) is 137 cm³/mol. The molecule has 1 N–H and O–H groups in total. The van der Waals surface area contributed by atoms with Crippen LogP contribution in [0.3, 0.4) is 0 Å². The molecule has 176 valence electrons. The second kappa shape index (κ2) is 8.80. The number of amides is 1. The van der Waals surface area contributed by atoms with Crippen molar-refractivity contribution in [2.75, 3.05) is 12.0 Å². The first-order chi connectivity index (χ1) is 16.8. The summed E-state index contributed by atoms with van der Waals surface area (Å²) in [5, 5.41) is 12.8. The fraction of sp³-hybridized carbons (Fsp3) is 0.111. The van der Waals surface area contributed by atoms with E-state index in [1.54, 1.807) is 24.3 Å². The first-order valence-electron chi connectivity index (χ1n) is 10.8. The Hall–Kier alpha value is -3.74. The molecule has 0 spiro atoms. The molecule has 6 nitrogen and oxygen atoms in total. The summed E-state index contributed by atoms with van der Waals surface area (Å²) >= 11 is 12.5. The van der Waals surface area contributed by atoms with Gasteiger partial charge in [0.05, 0.1) is 29.3 Å². The second-order valence-corrected chi connectivity index (χ2v) is 9.03. The molecule has 1 fully saturated rings. The molecule has 3 aromatic carbocycles. The fourth-order valence-electron chi connectivity index (χ4n) is 4.66. The van der Waals surface area contributed by atoms with E-state index in [-0.39, 0.29) is 26.9 Å². The first kappa shape index (κ1) is 23.0. The van der Waals surface area contributed by atoms with Gasteiger partial charge < -0.3 is 14.4 Å². The Labute approximate surface area is 211 Å². The number of ether oxygens (including phenoxy) is 1.